The standard InChI is InChI=1S/C31H47NO3/c1-29-14-13-27-25(26(29)10-11-28(29)33)9-8-22-12-15-31(34,21-30(22,27)2)23-6-5-7-24(20-23)35-19-18-32-16-3-4-17-32/h5-7,20,22,25-28,33-34H,3-4,8-19,21H2,1-2H3/t22?,25-,26-,27+,28?,29-,30-,31?/m0/s1. The molecule has 1 heterocycles. The van der Waals surface area contributed by atoms with Crippen molar-refractivity contribution in [2.45, 2.75) is 96.2 Å². The number of hydrogen-bond donors (Lipinski definition) is 2. The molecule has 0 radical (unpaired) electrons. The van der Waals surface area contributed by atoms with Crippen LogP contribution in [-0.4, -0.2) is 47.5 Å². The number of likely N-dealkylation sites (tertiary alicyclic amines) is 1. The van der Waals surface area contributed by atoms with Gasteiger partial charge in [-0.15, -0.1) is 0 Å². The number of ether oxygens (including phenoxy) is 1. The summed E-state index contributed by atoms with van der Waals surface area (Å²) < 4.78 is 6.15. The van der Waals surface area contributed by atoms with Crippen molar-refractivity contribution in [3.05, 3.63) is 29.8 Å². The lowest BCUT2D eigenvalue weighted by Crippen LogP contribution is -2.56. The molecular weight excluding hydrogens is 434 g/mol. The summed E-state index contributed by atoms with van der Waals surface area (Å²) in [5.74, 6) is 3.68. The minimum absolute atomic E-state index is 0.115. The molecule has 194 valence electrons. The predicted molar refractivity (Wildman–Crippen MR) is 139 cm³/mol. The Morgan fingerprint density at radius 1 is 0.943 bits per heavy atom. The van der Waals surface area contributed by atoms with Crippen LogP contribution in [0.4, 0.5) is 0 Å². The normalized spacial score (nSPS) is 45.5. The van der Waals surface area contributed by atoms with E-state index < -0.39 is 5.60 Å². The quantitative estimate of drug-likeness (QED) is 0.562. The van der Waals surface area contributed by atoms with E-state index in [0.29, 0.717) is 11.8 Å². The van der Waals surface area contributed by atoms with Crippen molar-refractivity contribution in [3.63, 3.8) is 0 Å². The molecule has 0 spiro atoms. The minimum Gasteiger partial charge on any atom is -0.492 e. The average molecular weight is 482 g/mol. The van der Waals surface area contributed by atoms with Gasteiger partial charge in [-0.25, -0.2) is 0 Å². The lowest BCUT2D eigenvalue weighted by atomic mass is 9.43. The van der Waals surface area contributed by atoms with Crippen LogP contribution in [0.1, 0.15) is 90.0 Å². The number of fused-ring (bicyclic) bond motifs is 5. The van der Waals surface area contributed by atoms with Gasteiger partial charge in [0.25, 0.3) is 0 Å². The van der Waals surface area contributed by atoms with E-state index in [9.17, 15) is 10.2 Å². The molecule has 6 rings (SSSR count). The molecule has 1 aliphatic heterocycles. The van der Waals surface area contributed by atoms with Gasteiger partial charge in [0.2, 0.25) is 0 Å². The van der Waals surface area contributed by atoms with Crippen molar-refractivity contribution < 1.29 is 14.9 Å². The van der Waals surface area contributed by atoms with Gasteiger partial charge in [-0.05, 0) is 136 Å². The van der Waals surface area contributed by atoms with Gasteiger partial charge in [-0.1, -0.05) is 26.0 Å². The van der Waals surface area contributed by atoms with Gasteiger partial charge in [0.1, 0.15) is 12.4 Å². The van der Waals surface area contributed by atoms with Crippen molar-refractivity contribution in [1.82, 2.24) is 4.90 Å². The number of nitrogens with zero attached hydrogens (tertiary/aromatic N) is 1. The maximum absolute atomic E-state index is 12.1. The fraction of sp³-hybridized carbons (Fsp3) is 0.806. The molecule has 4 saturated carbocycles. The van der Waals surface area contributed by atoms with E-state index in [2.05, 4.69) is 36.9 Å². The molecule has 1 aromatic rings. The highest BCUT2D eigenvalue weighted by atomic mass is 16.5. The van der Waals surface area contributed by atoms with E-state index in [1.807, 2.05) is 6.07 Å². The number of aliphatic hydroxyl groups is 2. The van der Waals surface area contributed by atoms with Crippen LogP contribution in [0.25, 0.3) is 0 Å². The number of hydrogen-bond acceptors (Lipinski definition) is 4. The monoisotopic (exact) mass is 481 g/mol. The van der Waals surface area contributed by atoms with E-state index in [0.717, 1.165) is 68.4 Å². The maximum atomic E-state index is 12.1. The summed E-state index contributed by atoms with van der Waals surface area (Å²) in [4.78, 5) is 2.48. The zero-order chi connectivity index (χ0) is 24.3. The van der Waals surface area contributed by atoms with Gasteiger partial charge < -0.3 is 14.9 Å². The van der Waals surface area contributed by atoms with Gasteiger partial charge in [0, 0.05) is 6.54 Å². The number of benzene rings is 1. The van der Waals surface area contributed by atoms with E-state index in [4.69, 9.17) is 4.74 Å². The first kappa shape index (κ1) is 24.2. The van der Waals surface area contributed by atoms with Crippen molar-refractivity contribution in [2.75, 3.05) is 26.2 Å². The third-order valence-corrected chi connectivity index (χ3v) is 11.8. The third kappa shape index (κ3) is 4.07. The molecule has 4 aliphatic carbocycles. The first-order valence-corrected chi connectivity index (χ1v) is 14.7. The molecule has 2 N–H and O–H groups in total. The highest BCUT2D eigenvalue weighted by Gasteiger charge is 2.61. The molecule has 0 aromatic heterocycles. The van der Waals surface area contributed by atoms with E-state index in [-0.39, 0.29) is 16.9 Å². The molecule has 4 heteroatoms. The van der Waals surface area contributed by atoms with Gasteiger partial charge in [0.15, 0.2) is 0 Å². The van der Waals surface area contributed by atoms with Crippen LogP contribution in [0.3, 0.4) is 0 Å². The van der Waals surface area contributed by atoms with Crippen molar-refractivity contribution in [2.24, 2.45) is 34.5 Å². The second-order valence-corrected chi connectivity index (χ2v) is 13.5. The Morgan fingerprint density at radius 3 is 2.57 bits per heavy atom. The summed E-state index contributed by atoms with van der Waals surface area (Å²) in [6.07, 6.45) is 12.5. The van der Waals surface area contributed by atoms with Crippen molar-refractivity contribution in [1.29, 1.82) is 0 Å². The highest BCUT2D eigenvalue weighted by molar-refractivity contribution is 5.33. The average Bonchev–Trinajstić information content (AvgIpc) is 3.46. The Hall–Kier alpha value is -1.10. The lowest BCUT2D eigenvalue weighted by Gasteiger charge is -2.62. The topological polar surface area (TPSA) is 52.9 Å². The molecule has 3 unspecified atom stereocenters. The fourth-order valence-corrected chi connectivity index (χ4v) is 9.81. The Bertz CT molecular complexity index is 914. The second-order valence-electron chi connectivity index (χ2n) is 13.5. The molecule has 5 aliphatic rings. The maximum Gasteiger partial charge on any atom is 0.119 e. The van der Waals surface area contributed by atoms with Gasteiger partial charge >= 0.3 is 0 Å². The SMILES string of the molecule is C[C@]12CC(O)(c3cccc(OCCN4CCCC4)c3)CCC1CC[C@@H]1[C@H]2CC[C@]2(C)C(O)CC[C@@H]12. The summed E-state index contributed by atoms with van der Waals surface area (Å²) in [5, 5.41) is 22.9. The summed E-state index contributed by atoms with van der Waals surface area (Å²) in [6, 6.07) is 8.37. The van der Waals surface area contributed by atoms with E-state index in [1.165, 1.54) is 51.6 Å². The number of rotatable bonds is 5. The molecule has 8 atom stereocenters. The molecule has 1 saturated heterocycles. The molecular formula is C31H47NO3. The van der Waals surface area contributed by atoms with Crippen molar-refractivity contribution in [3.8, 4) is 5.75 Å². The predicted octanol–water partition coefficient (Wildman–Crippen LogP) is 5.75. The fourth-order valence-electron chi connectivity index (χ4n) is 9.81. The van der Waals surface area contributed by atoms with Gasteiger partial charge in [0.05, 0.1) is 11.7 Å². The van der Waals surface area contributed by atoms with Gasteiger partial charge in [-0.2, -0.15) is 0 Å². The summed E-state index contributed by atoms with van der Waals surface area (Å²) in [6.45, 7) is 8.99. The second kappa shape index (κ2) is 9.03. The van der Waals surface area contributed by atoms with Crippen LogP contribution >= 0.6 is 0 Å². The zero-order valence-electron chi connectivity index (χ0n) is 22.1. The van der Waals surface area contributed by atoms with E-state index >= 15 is 0 Å². The van der Waals surface area contributed by atoms with Crippen LogP contribution in [0.5, 0.6) is 5.75 Å². The largest absolute Gasteiger partial charge is 0.492 e. The number of aliphatic hydroxyl groups excluding tert-OH is 1. The molecule has 35 heavy (non-hydrogen) atoms. The first-order valence-electron chi connectivity index (χ1n) is 14.7. The Balaban J connectivity index is 1.19. The summed E-state index contributed by atoms with van der Waals surface area (Å²) in [5.41, 5.74) is 0.583. The van der Waals surface area contributed by atoms with Crippen LogP contribution < -0.4 is 4.74 Å². The zero-order valence-corrected chi connectivity index (χ0v) is 22.1. The Morgan fingerprint density at radius 2 is 1.74 bits per heavy atom. The molecule has 0 bridgehead atoms. The van der Waals surface area contributed by atoms with Crippen LogP contribution in [0.15, 0.2) is 24.3 Å². The van der Waals surface area contributed by atoms with Gasteiger partial charge in [-0.3, -0.25) is 4.90 Å². The van der Waals surface area contributed by atoms with Crippen LogP contribution in [0, 0.1) is 34.5 Å². The lowest BCUT2D eigenvalue weighted by molar-refractivity contribution is -0.165. The van der Waals surface area contributed by atoms with Crippen LogP contribution in [-0.2, 0) is 5.60 Å². The van der Waals surface area contributed by atoms with Crippen LogP contribution in [0.2, 0.25) is 0 Å². The summed E-state index contributed by atoms with van der Waals surface area (Å²) >= 11 is 0. The molecule has 1 aromatic carbocycles. The smallest absolute Gasteiger partial charge is 0.119 e. The van der Waals surface area contributed by atoms with Crippen molar-refractivity contribution >= 4 is 0 Å². The minimum atomic E-state index is -0.766. The molecule has 4 nitrogen and oxygen atoms in total. The Labute approximate surface area is 212 Å². The third-order valence-electron chi connectivity index (χ3n) is 11.8. The first-order chi connectivity index (χ1) is 16.8. The summed E-state index contributed by atoms with van der Waals surface area (Å²) in [7, 11) is 0. The Kier molecular flexibility index (Phi) is 6.25. The molecule has 5 fully saturated rings. The van der Waals surface area contributed by atoms with E-state index in [1.54, 1.807) is 0 Å². The highest BCUT2D eigenvalue weighted by Crippen LogP contribution is 2.67. The molecule has 0 amide bonds.